The summed E-state index contributed by atoms with van der Waals surface area (Å²) in [6.45, 7) is 13.6. The fourth-order valence-corrected chi connectivity index (χ4v) is 3.35. The summed E-state index contributed by atoms with van der Waals surface area (Å²) in [5.41, 5.74) is 0. The van der Waals surface area contributed by atoms with Gasteiger partial charge in [0.15, 0.2) is 0 Å². The molecule has 20 heavy (non-hydrogen) atoms. The van der Waals surface area contributed by atoms with E-state index in [-0.39, 0.29) is 0 Å². The van der Waals surface area contributed by atoms with E-state index in [9.17, 15) is 0 Å². The van der Waals surface area contributed by atoms with Crippen LogP contribution in [0.5, 0.6) is 0 Å². The lowest BCUT2D eigenvalue weighted by Crippen LogP contribution is -2.46. The molecule has 0 radical (unpaired) electrons. The second-order valence-electron chi connectivity index (χ2n) is 6.35. The van der Waals surface area contributed by atoms with Gasteiger partial charge in [-0.3, -0.25) is 9.80 Å². The number of ether oxygens (including phenoxy) is 1. The van der Waals surface area contributed by atoms with E-state index >= 15 is 0 Å². The van der Waals surface area contributed by atoms with Crippen molar-refractivity contribution in [1.29, 1.82) is 0 Å². The number of nitrogens with one attached hydrogen (secondary N) is 1. The highest BCUT2D eigenvalue weighted by atomic mass is 16.5. The predicted molar refractivity (Wildman–Crippen MR) is 84.2 cm³/mol. The first kappa shape index (κ1) is 16.2. The van der Waals surface area contributed by atoms with Crippen molar-refractivity contribution in [3.63, 3.8) is 0 Å². The maximum Gasteiger partial charge on any atom is 0.0594 e. The largest absolute Gasteiger partial charge is 0.379 e. The molecule has 0 aliphatic carbocycles. The number of hydrogen-bond acceptors (Lipinski definition) is 4. The van der Waals surface area contributed by atoms with Crippen molar-refractivity contribution in [2.45, 2.75) is 51.6 Å². The van der Waals surface area contributed by atoms with Crippen molar-refractivity contribution < 1.29 is 4.74 Å². The van der Waals surface area contributed by atoms with Crippen molar-refractivity contribution in [2.24, 2.45) is 0 Å². The van der Waals surface area contributed by atoms with E-state index in [2.05, 4.69) is 29.0 Å². The van der Waals surface area contributed by atoms with Crippen LogP contribution in [0.4, 0.5) is 0 Å². The summed E-state index contributed by atoms with van der Waals surface area (Å²) >= 11 is 0. The molecule has 0 aromatic carbocycles. The maximum atomic E-state index is 5.45. The van der Waals surface area contributed by atoms with E-state index in [4.69, 9.17) is 4.74 Å². The third-order valence-electron chi connectivity index (χ3n) is 4.78. The highest BCUT2D eigenvalue weighted by Crippen LogP contribution is 2.18. The quantitative estimate of drug-likeness (QED) is 0.684. The topological polar surface area (TPSA) is 27.7 Å². The molecule has 4 nitrogen and oxygen atoms in total. The fourth-order valence-electron chi connectivity index (χ4n) is 3.35. The van der Waals surface area contributed by atoms with Gasteiger partial charge in [-0.15, -0.1) is 0 Å². The zero-order valence-electron chi connectivity index (χ0n) is 13.4. The van der Waals surface area contributed by atoms with Crippen molar-refractivity contribution in [2.75, 3.05) is 52.5 Å². The van der Waals surface area contributed by atoms with Gasteiger partial charge < -0.3 is 10.1 Å². The van der Waals surface area contributed by atoms with Crippen LogP contribution in [0.3, 0.4) is 0 Å². The average Bonchev–Trinajstić information content (AvgIpc) is 2.98. The van der Waals surface area contributed by atoms with Crippen LogP contribution in [0.15, 0.2) is 0 Å². The molecule has 2 fully saturated rings. The normalized spacial score (nSPS) is 27.0. The van der Waals surface area contributed by atoms with E-state index < -0.39 is 0 Å². The Morgan fingerprint density at radius 3 is 2.75 bits per heavy atom. The Labute approximate surface area is 124 Å². The lowest BCUT2D eigenvalue weighted by atomic mass is 10.2. The van der Waals surface area contributed by atoms with Crippen LogP contribution in [0.25, 0.3) is 0 Å². The van der Waals surface area contributed by atoms with Crippen LogP contribution in [-0.2, 0) is 4.74 Å². The molecule has 4 heteroatoms. The number of nitrogens with zero attached hydrogens (tertiary/aromatic N) is 2. The number of rotatable bonds is 8. The van der Waals surface area contributed by atoms with Gasteiger partial charge in [0.05, 0.1) is 13.2 Å². The first-order valence-electron chi connectivity index (χ1n) is 8.57. The Morgan fingerprint density at radius 1 is 1.20 bits per heavy atom. The zero-order chi connectivity index (χ0) is 14.2. The molecule has 118 valence electrons. The third-order valence-corrected chi connectivity index (χ3v) is 4.78. The second kappa shape index (κ2) is 8.98. The number of likely N-dealkylation sites (tertiary alicyclic amines) is 1. The van der Waals surface area contributed by atoms with Crippen LogP contribution < -0.4 is 5.32 Å². The first-order valence-corrected chi connectivity index (χ1v) is 8.57. The summed E-state index contributed by atoms with van der Waals surface area (Å²) in [4.78, 5) is 5.29. The molecule has 2 saturated heterocycles. The molecule has 2 atom stereocenters. The lowest BCUT2D eigenvalue weighted by Gasteiger charge is -2.33. The van der Waals surface area contributed by atoms with Gasteiger partial charge in [-0.1, -0.05) is 19.8 Å². The minimum atomic E-state index is 0.669. The summed E-state index contributed by atoms with van der Waals surface area (Å²) < 4.78 is 5.45. The monoisotopic (exact) mass is 283 g/mol. The molecule has 2 aliphatic rings. The van der Waals surface area contributed by atoms with Crippen molar-refractivity contribution in [3.8, 4) is 0 Å². The SMILES string of the molecule is CCCCCNCC(C)N1CCC(N2CCOCC2)C1. The molecule has 1 N–H and O–H groups in total. The van der Waals surface area contributed by atoms with Gasteiger partial charge in [0.2, 0.25) is 0 Å². The number of morpholine rings is 1. The fraction of sp³-hybridized carbons (Fsp3) is 1.00. The Balaban J connectivity index is 1.61. The van der Waals surface area contributed by atoms with Crippen molar-refractivity contribution in [3.05, 3.63) is 0 Å². The first-order chi connectivity index (χ1) is 9.81. The number of unbranched alkanes of at least 4 members (excludes halogenated alkanes) is 2. The van der Waals surface area contributed by atoms with Crippen LogP contribution >= 0.6 is 0 Å². The second-order valence-corrected chi connectivity index (χ2v) is 6.35. The molecule has 0 aromatic rings. The Morgan fingerprint density at radius 2 is 2.00 bits per heavy atom. The van der Waals surface area contributed by atoms with Gasteiger partial charge in [-0.05, 0) is 26.3 Å². The van der Waals surface area contributed by atoms with E-state index in [1.54, 1.807) is 0 Å². The maximum absolute atomic E-state index is 5.45. The molecule has 2 aliphatic heterocycles. The van der Waals surface area contributed by atoms with E-state index in [1.807, 2.05) is 0 Å². The van der Waals surface area contributed by atoms with Crippen LogP contribution in [0, 0.1) is 0 Å². The van der Waals surface area contributed by atoms with Gasteiger partial charge in [0.1, 0.15) is 0 Å². The molecule has 0 spiro atoms. The van der Waals surface area contributed by atoms with Gasteiger partial charge in [-0.25, -0.2) is 0 Å². The van der Waals surface area contributed by atoms with Crippen LogP contribution in [0.2, 0.25) is 0 Å². The molecule has 0 amide bonds. The summed E-state index contributed by atoms with van der Waals surface area (Å²) in [5, 5.41) is 3.62. The highest BCUT2D eigenvalue weighted by molar-refractivity contribution is 4.87. The summed E-state index contributed by atoms with van der Waals surface area (Å²) in [6, 6.07) is 1.43. The molecular formula is C16H33N3O. The lowest BCUT2D eigenvalue weighted by molar-refractivity contribution is 0.0178. The zero-order valence-corrected chi connectivity index (χ0v) is 13.4. The molecule has 0 saturated carbocycles. The van der Waals surface area contributed by atoms with Gasteiger partial charge in [-0.2, -0.15) is 0 Å². The third kappa shape index (κ3) is 4.99. The molecule has 0 aromatic heterocycles. The minimum absolute atomic E-state index is 0.669. The Bertz CT molecular complexity index is 256. The standard InChI is InChI=1S/C16H33N3O/c1-3-4-5-7-17-13-15(2)19-8-6-16(14-19)18-9-11-20-12-10-18/h15-17H,3-14H2,1-2H3. The van der Waals surface area contributed by atoms with E-state index in [1.165, 1.54) is 45.3 Å². The van der Waals surface area contributed by atoms with Crippen molar-refractivity contribution in [1.82, 2.24) is 15.1 Å². The van der Waals surface area contributed by atoms with Crippen LogP contribution in [0.1, 0.15) is 39.5 Å². The smallest absolute Gasteiger partial charge is 0.0594 e. The number of hydrogen-bond donors (Lipinski definition) is 1. The van der Waals surface area contributed by atoms with E-state index in [0.29, 0.717) is 6.04 Å². The van der Waals surface area contributed by atoms with Crippen molar-refractivity contribution >= 4 is 0 Å². The summed E-state index contributed by atoms with van der Waals surface area (Å²) in [5.74, 6) is 0. The highest BCUT2D eigenvalue weighted by Gasteiger charge is 2.30. The minimum Gasteiger partial charge on any atom is -0.379 e. The molecular weight excluding hydrogens is 250 g/mol. The van der Waals surface area contributed by atoms with Gasteiger partial charge in [0.25, 0.3) is 0 Å². The average molecular weight is 283 g/mol. The predicted octanol–water partition coefficient (Wildman–Crippen LogP) is 1.56. The molecule has 2 rings (SSSR count). The molecule has 2 heterocycles. The Hall–Kier alpha value is -0.160. The van der Waals surface area contributed by atoms with E-state index in [0.717, 1.165) is 38.9 Å². The van der Waals surface area contributed by atoms with Crippen LogP contribution in [-0.4, -0.2) is 74.4 Å². The summed E-state index contributed by atoms with van der Waals surface area (Å²) in [6.07, 6.45) is 5.31. The van der Waals surface area contributed by atoms with Gasteiger partial charge >= 0.3 is 0 Å². The molecule has 2 unspecified atom stereocenters. The molecule has 0 bridgehead atoms. The Kier molecular flexibility index (Phi) is 7.28. The summed E-state index contributed by atoms with van der Waals surface area (Å²) in [7, 11) is 0. The van der Waals surface area contributed by atoms with Gasteiger partial charge in [0, 0.05) is 44.8 Å².